The van der Waals surface area contributed by atoms with Gasteiger partial charge in [0.05, 0.1) is 46.6 Å². The number of nitrogen functional groups attached to an aromatic ring is 2. The largest absolute Gasteiger partial charge is 0.481 e. The summed E-state index contributed by atoms with van der Waals surface area (Å²) in [6, 6.07) is 6.19. The zero-order valence-corrected chi connectivity index (χ0v) is 37.1. The summed E-state index contributed by atoms with van der Waals surface area (Å²) in [7, 11) is 6.96. The monoisotopic (exact) mass is 920 g/mol. The Balaban J connectivity index is 0. The summed E-state index contributed by atoms with van der Waals surface area (Å²) in [6.45, 7) is 8.63. The van der Waals surface area contributed by atoms with Crippen LogP contribution in [0.5, 0.6) is 0 Å². The minimum atomic E-state index is -0.916. The average Bonchev–Trinajstić information content (AvgIpc) is 3.81. The Bertz CT molecular complexity index is 2210. The molecule has 0 aliphatic carbocycles. The molecule has 5 aromatic heterocycles. The van der Waals surface area contributed by atoms with Gasteiger partial charge < -0.3 is 21.4 Å². The van der Waals surface area contributed by atoms with Gasteiger partial charge in [0.1, 0.15) is 22.8 Å². The van der Waals surface area contributed by atoms with E-state index in [1.165, 1.54) is 23.7 Å². The molecule has 0 unspecified atom stereocenters. The minimum Gasteiger partial charge on any atom is -0.481 e. The molecule has 1 aliphatic rings. The number of hydrazone groups is 1. The van der Waals surface area contributed by atoms with E-state index in [4.69, 9.17) is 16.6 Å². The van der Waals surface area contributed by atoms with Crippen LogP contribution in [0.4, 0.5) is 11.4 Å². The average molecular weight is 922 g/mol. The number of nitrogens with zero attached hydrogens (tertiary/aromatic N) is 9. The Morgan fingerprint density at radius 1 is 0.820 bits per heavy atom. The van der Waals surface area contributed by atoms with E-state index in [0.29, 0.717) is 23.5 Å². The fraction of sp³-hybridized carbons (Fsp3) is 0.371. The molecule has 5 aromatic rings. The molecule has 6 rings (SSSR count). The lowest BCUT2D eigenvalue weighted by Gasteiger charge is -2.06. The van der Waals surface area contributed by atoms with E-state index >= 15 is 0 Å². The summed E-state index contributed by atoms with van der Waals surface area (Å²) >= 11 is 3.25. The predicted molar refractivity (Wildman–Crippen MR) is 235 cm³/mol. The number of amides is 1. The third kappa shape index (κ3) is 29.2. The molecule has 0 aromatic carbocycles. The van der Waals surface area contributed by atoms with E-state index in [2.05, 4.69) is 84.7 Å². The topological polar surface area (TPSA) is 386 Å². The van der Waals surface area contributed by atoms with Gasteiger partial charge in [0.2, 0.25) is 5.91 Å². The number of anilines is 2. The summed E-state index contributed by atoms with van der Waals surface area (Å²) in [6.07, 6.45) is 8.41. The van der Waals surface area contributed by atoms with Crippen LogP contribution >= 0.6 is 15.9 Å². The number of nitrogens with one attached hydrogen (secondary N) is 5. The van der Waals surface area contributed by atoms with E-state index in [1.54, 1.807) is 75.1 Å². The van der Waals surface area contributed by atoms with Crippen LogP contribution in [0.3, 0.4) is 0 Å². The van der Waals surface area contributed by atoms with Crippen LogP contribution in [0.25, 0.3) is 5.69 Å². The van der Waals surface area contributed by atoms with Gasteiger partial charge in [-0.05, 0) is 89.3 Å². The second-order valence-corrected chi connectivity index (χ2v) is 13.0. The van der Waals surface area contributed by atoms with E-state index in [9.17, 15) is 28.8 Å². The number of aliphatic carboxylic acids is 1. The second kappa shape index (κ2) is 32.2. The van der Waals surface area contributed by atoms with Gasteiger partial charge in [-0.1, -0.05) is 0 Å². The minimum absolute atomic E-state index is 0.0237. The number of carboxylic acid groups (broad SMARTS) is 1. The molecular weight excluding hydrogens is 864 g/mol. The maximum atomic E-state index is 11.7. The van der Waals surface area contributed by atoms with Gasteiger partial charge >= 0.3 is 5.97 Å². The van der Waals surface area contributed by atoms with Gasteiger partial charge in [-0.3, -0.25) is 55.9 Å². The van der Waals surface area contributed by atoms with Gasteiger partial charge in [-0.2, -0.15) is 35.3 Å². The van der Waals surface area contributed by atoms with Crippen LogP contribution < -0.4 is 56.1 Å². The SMILES string of the molecule is CC(=O)CCC(=O)O.CC1=NNC(=O)CC1.CNN.CNN.Cc1cc(N)c(=O)[nH]n1.Cc1cc(N)c(=O)n(-c2cnn(C)c2)n1.Cc1ccc(=O)[nH]n1.Cn1cc(Br)cn1. The predicted octanol–water partition coefficient (Wildman–Crippen LogP) is -0.350. The Labute approximate surface area is 359 Å². The molecular formula is C35H57BrN18O7. The van der Waals surface area contributed by atoms with Crippen molar-refractivity contribution in [2.24, 2.45) is 30.9 Å². The first-order chi connectivity index (χ1) is 28.6. The van der Waals surface area contributed by atoms with E-state index in [1.807, 2.05) is 27.1 Å². The molecule has 0 atom stereocenters. The maximum Gasteiger partial charge on any atom is 0.303 e. The first kappa shape index (κ1) is 56.4. The quantitative estimate of drug-likeness (QED) is 0.0813. The number of ketones is 1. The number of aryl methyl sites for hydroxylation is 5. The van der Waals surface area contributed by atoms with Crippen LogP contribution in [0.15, 0.2) is 73.0 Å². The van der Waals surface area contributed by atoms with Crippen molar-refractivity contribution in [2.75, 3.05) is 25.6 Å². The van der Waals surface area contributed by atoms with Crippen molar-refractivity contribution in [3.05, 3.63) is 102 Å². The molecule has 1 aliphatic heterocycles. The molecule has 1 amide bonds. The highest BCUT2D eigenvalue weighted by molar-refractivity contribution is 9.10. The number of aromatic nitrogens is 10. The number of hydrogen-bond donors (Lipinski definition) is 10. The molecule has 0 bridgehead atoms. The highest BCUT2D eigenvalue weighted by atomic mass is 79.9. The van der Waals surface area contributed by atoms with Crippen molar-refractivity contribution in [3.63, 3.8) is 0 Å². The molecule has 336 valence electrons. The molecule has 0 fully saturated rings. The molecule has 6 heterocycles. The number of halogens is 1. The number of Topliss-reactive ketones (excluding diaryl/α,β-unsaturated/α-hetero) is 1. The molecule has 14 N–H and O–H groups in total. The molecule has 0 radical (unpaired) electrons. The van der Waals surface area contributed by atoms with Gasteiger partial charge in [-0.25, -0.2) is 15.6 Å². The zero-order valence-electron chi connectivity index (χ0n) is 35.6. The highest BCUT2D eigenvalue weighted by Crippen LogP contribution is 2.04. The van der Waals surface area contributed by atoms with Crippen molar-refractivity contribution in [2.45, 2.75) is 60.3 Å². The lowest BCUT2D eigenvalue weighted by atomic mass is 10.2. The Morgan fingerprint density at radius 2 is 1.38 bits per heavy atom. The number of carbonyl (C=O) groups is 3. The van der Waals surface area contributed by atoms with Crippen LogP contribution in [0.2, 0.25) is 0 Å². The van der Waals surface area contributed by atoms with Gasteiger partial charge in [0, 0.05) is 44.9 Å². The van der Waals surface area contributed by atoms with E-state index in [0.717, 1.165) is 22.3 Å². The Morgan fingerprint density at radius 3 is 1.72 bits per heavy atom. The summed E-state index contributed by atoms with van der Waals surface area (Å²) in [4.78, 5) is 62.7. The van der Waals surface area contributed by atoms with Crippen LogP contribution in [-0.2, 0) is 28.5 Å². The number of rotatable bonds is 4. The van der Waals surface area contributed by atoms with Gasteiger partial charge in [0.25, 0.3) is 16.7 Å². The van der Waals surface area contributed by atoms with Crippen molar-refractivity contribution >= 4 is 50.7 Å². The third-order valence-electron chi connectivity index (χ3n) is 6.23. The van der Waals surface area contributed by atoms with Crippen molar-refractivity contribution in [1.82, 2.24) is 66.0 Å². The molecule has 61 heavy (non-hydrogen) atoms. The number of hydrogen-bond acceptors (Lipinski definition) is 18. The fourth-order valence-electron chi connectivity index (χ4n) is 3.51. The smallest absolute Gasteiger partial charge is 0.303 e. The van der Waals surface area contributed by atoms with Crippen LogP contribution in [-0.4, -0.2) is 92.3 Å². The van der Waals surface area contributed by atoms with Gasteiger partial charge in [0.15, 0.2) is 0 Å². The number of H-pyrrole nitrogens is 2. The van der Waals surface area contributed by atoms with Crippen molar-refractivity contribution in [1.29, 1.82) is 0 Å². The summed E-state index contributed by atoms with van der Waals surface area (Å²) < 4.78 is 5.61. The molecule has 0 spiro atoms. The number of carboxylic acids is 1. The first-order valence-corrected chi connectivity index (χ1v) is 18.5. The van der Waals surface area contributed by atoms with Crippen LogP contribution in [0.1, 0.15) is 56.6 Å². The lowest BCUT2D eigenvalue weighted by molar-refractivity contribution is -0.138. The maximum absolute atomic E-state index is 11.7. The van der Waals surface area contributed by atoms with Crippen molar-refractivity contribution in [3.8, 4) is 5.69 Å². The summed E-state index contributed by atoms with van der Waals surface area (Å²) in [5.74, 6) is 8.23. The van der Waals surface area contributed by atoms with E-state index < -0.39 is 5.97 Å². The second-order valence-electron chi connectivity index (χ2n) is 12.1. The molecule has 25 nitrogen and oxygen atoms in total. The summed E-state index contributed by atoms with van der Waals surface area (Å²) in [5.41, 5.74) is 21.1. The highest BCUT2D eigenvalue weighted by Gasteiger charge is 2.07. The number of nitrogens with two attached hydrogens (primary N) is 4. The molecule has 0 saturated heterocycles. The Kier molecular flexibility index (Phi) is 29.7. The Hall–Kier alpha value is -6.74. The molecule has 0 saturated carbocycles. The van der Waals surface area contributed by atoms with E-state index in [-0.39, 0.29) is 52.6 Å². The standard InChI is InChI=1S/C9H11N5O.C5H7N3O.C5H8N2O.C5H6N2O.C5H8O3.C4H5BrN2.2CH6N2/c1-6-3-8(10)9(15)14(12-6)7-4-11-13(2)5-7;1-3-2-4(6)5(9)8-7-3;2*1-4-2-3-5(8)7-6-4;1-4(6)2-3-5(7)8;1-7-3-4(5)2-6-7;2*1-3-2/h3-5H,10H2,1-2H3;2H,1H3,(H2,6,7)(H,8,9);2-3H2,1H3,(H,7,8);2-3H,1H3,(H,7,8);2-3H2,1H3,(H,7,8);2-3H,1H3;2*3H,2H2,1H3. The van der Waals surface area contributed by atoms with Crippen molar-refractivity contribution < 1.29 is 19.5 Å². The number of aromatic amines is 2. The zero-order chi connectivity index (χ0) is 47.1. The lowest BCUT2D eigenvalue weighted by Crippen LogP contribution is -2.24. The summed E-state index contributed by atoms with van der Waals surface area (Å²) in [5, 5.41) is 35.5. The third-order valence-corrected chi connectivity index (χ3v) is 6.64. The first-order valence-electron chi connectivity index (χ1n) is 17.7. The fourth-order valence-corrected chi connectivity index (χ4v) is 3.90. The molecule has 26 heteroatoms. The van der Waals surface area contributed by atoms with Crippen LogP contribution in [0, 0.1) is 20.8 Å². The van der Waals surface area contributed by atoms with Gasteiger partial charge in [-0.15, -0.1) is 0 Å². The number of hydrazine groups is 2. The normalized spacial score (nSPS) is 10.6. The number of carbonyl (C=O) groups excluding carboxylic acids is 2.